The van der Waals surface area contributed by atoms with Gasteiger partial charge in [-0.05, 0) is 37.8 Å². The number of benzene rings is 1. The molecule has 3 amide bonds. The number of methoxy groups -OCH3 is 2. The van der Waals surface area contributed by atoms with Crippen molar-refractivity contribution in [2.24, 2.45) is 10.5 Å². The normalized spacial score (nSPS) is 20.4. The van der Waals surface area contributed by atoms with Crippen LogP contribution in [-0.2, 0) is 11.3 Å². The van der Waals surface area contributed by atoms with Crippen LogP contribution in [0.3, 0.4) is 0 Å². The Morgan fingerprint density at radius 3 is 2.37 bits per heavy atom. The molecule has 1 aromatic carbocycles. The van der Waals surface area contributed by atoms with Gasteiger partial charge >= 0.3 is 6.03 Å². The average molecular weight is 566 g/mol. The van der Waals surface area contributed by atoms with Crippen LogP contribution in [0.4, 0.5) is 4.79 Å². The first-order valence-electron chi connectivity index (χ1n) is 14.7. The molecule has 0 radical (unpaired) electrons. The van der Waals surface area contributed by atoms with Gasteiger partial charge in [-0.1, -0.05) is 47.3 Å². The summed E-state index contributed by atoms with van der Waals surface area (Å²) in [7, 11) is 5.10. The number of hydrazone groups is 1. The van der Waals surface area contributed by atoms with Gasteiger partial charge in [0.05, 0.1) is 26.3 Å². The number of fused-ring (bicyclic) bond motifs is 3. The van der Waals surface area contributed by atoms with E-state index in [-0.39, 0.29) is 23.3 Å². The Morgan fingerprint density at radius 1 is 1.17 bits per heavy atom. The topological polar surface area (TPSA) is 77.9 Å². The molecule has 1 unspecified atom stereocenters. The van der Waals surface area contributed by atoms with E-state index in [1.54, 1.807) is 26.3 Å². The minimum atomic E-state index is -0.469. The Balaban J connectivity index is 1.60. The van der Waals surface area contributed by atoms with E-state index in [1.165, 1.54) is 0 Å². The van der Waals surface area contributed by atoms with Crippen molar-refractivity contribution in [1.82, 2.24) is 19.7 Å². The first-order valence-corrected chi connectivity index (χ1v) is 14.7. The van der Waals surface area contributed by atoms with Gasteiger partial charge in [0.1, 0.15) is 17.2 Å². The number of hydrogen-bond donors (Lipinski definition) is 0. The zero-order valence-electron chi connectivity index (χ0n) is 26.3. The van der Waals surface area contributed by atoms with Crippen LogP contribution in [0.25, 0.3) is 0 Å². The van der Waals surface area contributed by atoms with Crippen LogP contribution in [0.2, 0.25) is 0 Å². The summed E-state index contributed by atoms with van der Waals surface area (Å²) >= 11 is 0. The molecule has 0 aliphatic carbocycles. The van der Waals surface area contributed by atoms with Gasteiger partial charge in [-0.2, -0.15) is 5.10 Å². The second kappa shape index (κ2) is 11.4. The fraction of sp³-hybridized carbons (Fsp3) is 0.594. The van der Waals surface area contributed by atoms with Crippen LogP contribution in [0, 0.1) is 5.41 Å². The predicted octanol–water partition coefficient (Wildman–Crippen LogP) is 5.58. The lowest BCUT2D eigenvalue weighted by molar-refractivity contribution is -0.130. The van der Waals surface area contributed by atoms with Crippen molar-refractivity contribution in [3.63, 3.8) is 0 Å². The summed E-state index contributed by atoms with van der Waals surface area (Å²) in [6.07, 6.45) is 4.35. The number of carbonyl (C=O) groups is 2. The largest absolute Gasteiger partial charge is 0.497 e. The molecule has 0 bridgehead atoms. The zero-order chi connectivity index (χ0) is 30.3. The van der Waals surface area contributed by atoms with E-state index in [2.05, 4.69) is 47.3 Å². The summed E-state index contributed by atoms with van der Waals surface area (Å²) < 4.78 is 11.3. The number of carbonyl (C=O) groups excluding carboxylic acids is 2. The molecule has 1 spiro atoms. The van der Waals surface area contributed by atoms with Crippen molar-refractivity contribution in [2.45, 2.75) is 78.8 Å². The Hall–Kier alpha value is -3.49. The molecule has 0 saturated carbocycles. The maximum atomic E-state index is 13.9. The minimum Gasteiger partial charge on any atom is -0.497 e. The van der Waals surface area contributed by atoms with E-state index in [4.69, 9.17) is 14.6 Å². The number of allylic oxidation sites excluding steroid dienone is 1. The Kier molecular flexibility index (Phi) is 8.48. The summed E-state index contributed by atoms with van der Waals surface area (Å²) in [5.74, 6) is 1.39. The second-order valence-electron chi connectivity index (χ2n) is 12.3. The highest BCUT2D eigenvalue weighted by atomic mass is 16.5. The fourth-order valence-electron chi connectivity index (χ4n) is 6.66. The Bertz CT molecular complexity index is 1270. The van der Waals surface area contributed by atoms with E-state index < -0.39 is 5.54 Å². The van der Waals surface area contributed by atoms with Crippen molar-refractivity contribution in [1.29, 1.82) is 0 Å². The molecule has 2 fully saturated rings. The first-order chi connectivity index (χ1) is 19.3. The van der Waals surface area contributed by atoms with Gasteiger partial charge < -0.3 is 19.3 Å². The minimum absolute atomic E-state index is 0.00752. The molecule has 3 aliphatic rings. The smallest absolute Gasteiger partial charge is 0.325 e. The summed E-state index contributed by atoms with van der Waals surface area (Å²) in [5.41, 5.74) is 3.94. The van der Waals surface area contributed by atoms with Crippen LogP contribution >= 0.6 is 0 Å². The van der Waals surface area contributed by atoms with Gasteiger partial charge in [0.25, 0.3) is 5.91 Å². The predicted molar refractivity (Wildman–Crippen MR) is 162 cm³/mol. The van der Waals surface area contributed by atoms with Crippen molar-refractivity contribution in [3.05, 3.63) is 47.3 Å². The maximum absolute atomic E-state index is 13.9. The molecule has 9 nitrogen and oxygen atoms in total. The summed E-state index contributed by atoms with van der Waals surface area (Å²) in [4.78, 5) is 33.2. The van der Waals surface area contributed by atoms with E-state index in [0.29, 0.717) is 50.5 Å². The van der Waals surface area contributed by atoms with Gasteiger partial charge in [-0.15, -0.1) is 0 Å². The third-order valence-electron chi connectivity index (χ3n) is 8.90. The van der Waals surface area contributed by atoms with Crippen molar-refractivity contribution in [3.8, 4) is 11.5 Å². The Morgan fingerprint density at radius 2 is 1.83 bits per heavy atom. The number of likely N-dealkylation sites (tertiary alicyclic amines) is 1. The number of ether oxygens (including phenoxy) is 2. The molecule has 2 saturated heterocycles. The Labute approximate surface area is 245 Å². The number of nitrogens with zero attached hydrogens (tertiary/aromatic N) is 5. The standard InChI is InChI=1S/C32H47N5O4/c1-11-26(31(5,6)7)33-34(8)22(4)29(38)35-15-13-32(14-16-35)27-17-21(3)28-23(18-24(40-9)19-25(28)41-10)20-36(27)30(39)37(32)12-2/h17-19,21H,4,11-16,20H2,1-3,5-10H3. The lowest BCUT2D eigenvalue weighted by Gasteiger charge is -2.44. The maximum Gasteiger partial charge on any atom is 0.325 e. The van der Waals surface area contributed by atoms with Crippen LogP contribution in [0.1, 0.15) is 77.8 Å². The fourth-order valence-corrected chi connectivity index (χ4v) is 6.66. The lowest BCUT2D eigenvalue weighted by Crippen LogP contribution is -2.55. The van der Waals surface area contributed by atoms with E-state index in [9.17, 15) is 9.59 Å². The van der Waals surface area contributed by atoms with Gasteiger partial charge in [-0.3, -0.25) is 14.7 Å². The molecular weight excluding hydrogens is 518 g/mol. The number of hydrogen-bond acceptors (Lipinski definition) is 6. The molecule has 1 atom stereocenters. The van der Waals surface area contributed by atoms with E-state index in [1.807, 2.05) is 33.8 Å². The van der Waals surface area contributed by atoms with Crippen LogP contribution in [-0.4, -0.2) is 83.8 Å². The highest BCUT2D eigenvalue weighted by molar-refractivity contribution is 5.93. The third kappa shape index (κ3) is 5.31. The zero-order valence-corrected chi connectivity index (χ0v) is 26.3. The molecule has 41 heavy (non-hydrogen) atoms. The van der Waals surface area contributed by atoms with Crippen molar-refractivity contribution in [2.75, 3.05) is 40.9 Å². The summed E-state index contributed by atoms with van der Waals surface area (Å²) in [6, 6.07) is 3.92. The summed E-state index contributed by atoms with van der Waals surface area (Å²) in [5, 5.41) is 6.34. The monoisotopic (exact) mass is 565 g/mol. The van der Waals surface area contributed by atoms with E-state index >= 15 is 0 Å². The molecule has 9 heteroatoms. The molecule has 3 heterocycles. The lowest BCUT2D eigenvalue weighted by atomic mass is 9.82. The third-order valence-corrected chi connectivity index (χ3v) is 8.90. The van der Waals surface area contributed by atoms with Gasteiger partial charge in [0.15, 0.2) is 0 Å². The molecule has 0 N–H and O–H groups in total. The number of rotatable bonds is 7. The molecule has 224 valence electrons. The molecular formula is C32H47N5O4. The summed E-state index contributed by atoms with van der Waals surface area (Å²) in [6.45, 7) is 18.8. The molecule has 0 aromatic heterocycles. The number of amides is 3. The quantitative estimate of drug-likeness (QED) is 0.245. The molecule has 3 aliphatic heterocycles. The van der Waals surface area contributed by atoms with Crippen LogP contribution < -0.4 is 9.47 Å². The first kappa shape index (κ1) is 30.5. The van der Waals surface area contributed by atoms with Crippen molar-refractivity contribution >= 4 is 17.6 Å². The average Bonchev–Trinajstić information content (AvgIpc) is 3.05. The molecule has 4 rings (SSSR count). The SMILES string of the molecule is C=C(C(=O)N1CCC2(CC1)C1=CC(C)c3c(cc(OC)cc3OC)CN1C(=O)N2CC)N(C)N=C(CC)C(C)(C)C. The number of urea groups is 1. The number of likely N-dealkylation sites (N-methyl/N-ethyl adjacent to an activating group) is 2. The van der Waals surface area contributed by atoms with Crippen LogP contribution in [0.5, 0.6) is 11.5 Å². The van der Waals surface area contributed by atoms with Gasteiger partial charge in [0, 0.05) is 61.1 Å². The van der Waals surface area contributed by atoms with Crippen LogP contribution in [0.15, 0.2) is 41.3 Å². The second-order valence-corrected chi connectivity index (χ2v) is 12.3. The van der Waals surface area contributed by atoms with Crippen molar-refractivity contribution < 1.29 is 19.1 Å². The molecule has 1 aromatic rings. The van der Waals surface area contributed by atoms with E-state index in [0.717, 1.165) is 34.7 Å². The highest BCUT2D eigenvalue weighted by Crippen LogP contribution is 2.49. The highest BCUT2D eigenvalue weighted by Gasteiger charge is 2.55. The number of piperidine rings is 1. The van der Waals surface area contributed by atoms with Gasteiger partial charge in [-0.25, -0.2) is 4.79 Å². The van der Waals surface area contributed by atoms with Gasteiger partial charge in [0.2, 0.25) is 0 Å².